The number of thiophene rings is 1. The third kappa shape index (κ3) is 5.05. The topological polar surface area (TPSA) is 15.3 Å². The fourth-order valence-corrected chi connectivity index (χ4v) is 4.52. The maximum atomic E-state index is 3.79. The smallest absolute Gasteiger partial charge is 0.0332 e. The molecule has 2 nitrogen and oxygen atoms in total. The normalized spacial score (nSPS) is 24.7. The van der Waals surface area contributed by atoms with Gasteiger partial charge in [0, 0.05) is 46.4 Å². The summed E-state index contributed by atoms with van der Waals surface area (Å²) in [5, 5.41) is 5.98. The molecular formula is C17H29BrN2S. The molecule has 120 valence electrons. The van der Waals surface area contributed by atoms with Gasteiger partial charge in [-0.25, -0.2) is 0 Å². The molecule has 2 heterocycles. The SMILES string of the molecule is CC(C)CC1CNC(C(C)(C)C)CN1Cc1cc(Br)cs1. The van der Waals surface area contributed by atoms with E-state index in [0.29, 0.717) is 17.5 Å². The Kier molecular flexibility index (Phi) is 5.91. The van der Waals surface area contributed by atoms with Gasteiger partial charge in [-0.15, -0.1) is 11.3 Å². The van der Waals surface area contributed by atoms with Gasteiger partial charge >= 0.3 is 0 Å². The molecule has 1 aliphatic heterocycles. The van der Waals surface area contributed by atoms with E-state index in [9.17, 15) is 0 Å². The summed E-state index contributed by atoms with van der Waals surface area (Å²) in [6.45, 7) is 15.0. The Labute approximate surface area is 142 Å². The molecule has 0 spiro atoms. The highest BCUT2D eigenvalue weighted by molar-refractivity contribution is 9.10. The molecule has 0 aliphatic carbocycles. The van der Waals surface area contributed by atoms with Gasteiger partial charge in [-0.05, 0) is 39.8 Å². The van der Waals surface area contributed by atoms with E-state index in [1.54, 1.807) is 0 Å². The van der Waals surface area contributed by atoms with E-state index in [0.717, 1.165) is 25.6 Å². The first-order valence-electron chi connectivity index (χ1n) is 7.96. The molecule has 1 N–H and O–H groups in total. The molecule has 1 aromatic heterocycles. The van der Waals surface area contributed by atoms with E-state index in [1.165, 1.54) is 15.8 Å². The first kappa shape index (κ1) is 17.5. The molecule has 1 aromatic rings. The molecular weight excluding hydrogens is 344 g/mol. The van der Waals surface area contributed by atoms with Crippen LogP contribution < -0.4 is 5.32 Å². The van der Waals surface area contributed by atoms with Crippen molar-refractivity contribution in [3.8, 4) is 0 Å². The molecule has 0 saturated carbocycles. The van der Waals surface area contributed by atoms with Crippen molar-refractivity contribution < 1.29 is 0 Å². The summed E-state index contributed by atoms with van der Waals surface area (Å²) in [7, 11) is 0. The van der Waals surface area contributed by atoms with Crippen LogP contribution >= 0.6 is 27.3 Å². The van der Waals surface area contributed by atoms with Crippen molar-refractivity contribution in [2.75, 3.05) is 13.1 Å². The van der Waals surface area contributed by atoms with Gasteiger partial charge in [0.15, 0.2) is 0 Å². The summed E-state index contributed by atoms with van der Waals surface area (Å²) in [6, 6.07) is 3.50. The van der Waals surface area contributed by atoms with Crippen LogP contribution in [0.15, 0.2) is 15.9 Å². The monoisotopic (exact) mass is 372 g/mol. The minimum absolute atomic E-state index is 0.317. The average molecular weight is 373 g/mol. The maximum absolute atomic E-state index is 3.79. The van der Waals surface area contributed by atoms with E-state index in [1.807, 2.05) is 11.3 Å². The molecule has 2 unspecified atom stereocenters. The second kappa shape index (κ2) is 7.12. The van der Waals surface area contributed by atoms with Gasteiger partial charge in [0.25, 0.3) is 0 Å². The quantitative estimate of drug-likeness (QED) is 0.820. The lowest BCUT2D eigenvalue weighted by molar-refractivity contribution is 0.0699. The van der Waals surface area contributed by atoms with Gasteiger partial charge in [-0.2, -0.15) is 0 Å². The molecule has 0 amide bonds. The lowest BCUT2D eigenvalue weighted by Crippen LogP contribution is -2.60. The first-order chi connectivity index (χ1) is 9.75. The van der Waals surface area contributed by atoms with E-state index in [-0.39, 0.29) is 0 Å². The number of hydrogen-bond donors (Lipinski definition) is 1. The fourth-order valence-electron chi connectivity index (χ4n) is 3.04. The van der Waals surface area contributed by atoms with Gasteiger partial charge in [0.05, 0.1) is 0 Å². The summed E-state index contributed by atoms with van der Waals surface area (Å²) >= 11 is 5.44. The van der Waals surface area contributed by atoms with Crippen LogP contribution in [0, 0.1) is 11.3 Å². The van der Waals surface area contributed by atoms with Crippen LogP contribution in [0.4, 0.5) is 0 Å². The van der Waals surface area contributed by atoms with Crippen LogP contribution in [0.3, 0.4) is 0 Å². The highest BCUT2D eigenvalue weighted by atomic mass is 79.9. The second-order valence-electron chi connectivity index (χ2n) is 7.77. The van der Waals surface area contributed by atoms with E-state index in [4.69, 9.17) is 0 Å². The van der Waals surface area contributed by atoms with Crippen molar-refractivity contribution in [3.05, 3.63) is 20.8 Å². The third-order valence-electron chi connectivity index (χ3n) is 4.30. The molecule has 2 atom stereocenters. The Morgan fingerprint density at radius 1 is 1.43 bits per heavy atom. The molecule has 1 saturated heterocycles. The van der Waals surface area contributed by atoms with Gasteiger partial charge in [0.2, 0.25) is 0 Å². The van der Waals surface area contributed by atoms with Gasteiger partial charge in [0.1, 0.15) is 0 Å². The zero-order valence-electron chi connectivity index (χ0n) is 13.9. The molecule has 1 aliphatic rings. The summed E-state index contributed by atoms with van der Waals surface area (Å²) in [5.41, 5.74) is 0.317. The average Bonchev–Trinajstić information content (AvgIpc) is 2.75. The summed E-state index contributed by atoms with van der Waals surface area (Å²) in [5.74, 6) is 0.751. The highest BCUT2D eigenvalue weighted by Gasteiger charge is 2.34. The van der Waals surface area contributed by atoms with Gasteiger partial charge in [-0.3, -0.25) is 4.90 Å². The lowest BCUT2D eigenvalue weighted by atomic mass is 9.84. The third-order valence-corrected chi connectivity index (χ3v) is 5.99. The molecule has 2 rings (SSSR count). The van der Waals surface area contributed by atoms with E-state index < -0.39 is 0 Å². The molecule has 1 fully saturated rings. The van der Waals surface area contributed by atoms with Crippen molar-refractivity contribution in [1.29, 1.82) is 0 Å². The zero-order chi connectivity index (χ0) is 15.6. The summed E-state index contributed by atoms with van der Waals surface area (Å²) < 4.78 is 1.21. The number of halogens is 1. The molecule has 21 heavy (non-hydrogen) atoms. The van der Waals surface area contributed by atoms with Crippen molar-refractivity contribution in [1.82, 2.24) is 10.2 Å². The number of piperazine rings is 1. The van der Waals surface area contributed by atoms with Crippen molar-refractivity contribution in [2.45, 2.75) is 59.7 Å². The summed E-state index contributed by atoms with van der Waals surface area (Å²) in [6.07, 6.45) is 1.27. The Balaban J connectivity index is 2.08. The van der Waals surface area contributed by atoms with Crippen LogP contribution in [0.1, 0.15) is 45.9 Å². The fraction of sp³-hybridized carbons (Fsp3) is 0.765. The van der Waals surface area contributed by atoms with E-state index >= 15 is 0 Å². The van der Waals surface area contributed by atoms with Crippen molar-refractivity contribution >= 4 is 27.3 Å². The van der Waals surface area contributed by atoms with Gasteiger partial charge in [-0.1, -0.05) is 34.6 Å². The number of nitrogens with zero attached hydrogens (tertiary/aromatic N) is 1. The minimum Gasteiger partial charge on any atom is -0.311 e. The molecule has 0 aromatic carbocycles. The Morgan fingerprint density at radius 3 is 2.67 bits per heavy atom. The second-order valence-corrected chi connectivity index (χ2v) is 9.68. The number of rotatable bonds is 4. The number of hydrogen-bond acceptors (Lipinski definition) is 3. The first-order valence-corrected chi connectivity index (χ1v) is 9.63. The number of nitrogens with one attached hydrogen (secondary N) is 1. The van der Waals surface area contributed by atoms with E-state index in [2.05, 4.69) is 72.2 Å². The van der Waals surface area contributed by atoms with Crippen LogP contribution in [0.25, 0.3) is 0 Å². The van der Waals surface area contributed by atoms with Crippen LogP contribution in [0.5, 0.6) is 0 Å². The van der Waals surface area contributed by atoms with Crippen LogP contribution in [-0.4, -0.2) is 30.1 Å². The molecule has 4 heteroatoms. The Hall–Kier alpha value is 0.1000. The molecule has 0 radical (unpaired) electrons. The highest BCUT2D eigenvalue weighted by Crippen LogP contribution is 2.28. The molecule has 0 bridgehead atoms. The van der Waals surface area contributed by atoms with Crippen molar-refractivity contribution in [3.63, 3.8) is 0 Å². The standard InChI is InChI=1S/C17H29BrN2S/c1-12(2)6-14-8-19-16(17(3,4)5)10-20(14)9-15-7-13(18)11-21-15/h7,11-12,14,16,19H,6,8-10H2,1-5H3. The zero-order valence-corrected chi connectivity index (χ0v) is 16.4. The maximum Gasteiger partial charge on any atom is 0.0332 e. The van der Waals surface area contributed by atoms with Gasteiger partial charge < -0.3 is 5.32 Å². The minimum atomic E-state index is 0.317. The van der Waals surface area contributed by atoms with Crippen LogP contribution in [0.2, 0.25) is 0 Å². The summed E-state index contributed by atoms with van der Waals surface area (Å²) in [4.78, 5) is 4.16. The predicted octanol–water partition coefficient (Wildman–Crippen LogP) is 4.75. The Morgan fingerprint density at radius 2 is 2.14 bits per heavy atom. The predicted molar refractivity (Wildman–Crippen MR) is 96.9 cm³/mol. The Bertz CT molecular complexity index is 450. The largest absolute Gasteiger partial charge is 0.311 e. The van der Waals surface area contributed by atoms with Crippen molar-refractivity contribution in [2.24, 2.45) is 11.3 Å². The lowest BCUT2D eigenvalue weighted by Gasteiger charge is -2.45. The van der Waals surface area contributed by atoms with Crippen LogP contribution in [-0.2, 0) is 6.54 Å².